The van der Waals surface area contributed by atoms with Gasteiger partial charge in [-0.3, -0.25) is 4.90 Å². The monoisotopic (exact) mass is 512 g/mol. The van der Waals surface area contributed by atoms with Gasteiger partial charge in [-0.15, -0.1) is 0 Å². The van der Waals surface area contributed by atoms with Crippen LogP contribution in [0.25, 0.3) is 11.6 Å². The Morgan fingerprint density at radius 1 is 0.789 bits per heavy atom. The summed E-state index contributed by atoms with van der Waals surface area (Å²) >= 11 is 0. The van der Waals surface area contributed by atoms with Crippen LogP contribution in [0.5, 0.6) is 17.2 Å². The molecule has 0 saturated carbocycles. The number of likely N-dealkylation sites (tertiary alicyclic amines) is 1. The molecule has 5 nitrogen and oxygen atoms in total. The van der Waals surface area contributed by atoms with Crippen molar-refractivity contribution in [1.29, 1.82) is 0 Å². The van der Waals surface area contributed by atoms with E-state index >= 15 is 0 Å². The largest absolute Gasteiger partial charge is 0.497 e. The van der Waals surface area contributed by atoms with Gasteiger partial charge in [0.15, 0.2) is 0 Å². The molecule has 0 aromatic heterocycles. The summed E-state index contributed by atoms with van der Waals surface area (Å²) in [5.41, 5.74) is 7.65. The molecule has 38 heavy (non-hydrogen) atoms. The summed E-state index contributed by atoms with van der Waals surface area (Å²) in [4.78, 5) is 4.82. The van der Waals surface area contributed by atoms with Gasteiger partial charge in [0.1, 0.15) is 23.9 Å². The van der Waals surface area contributed by atoms with Crippen molar-refractivity contribution in [2.75, 3.05) is 52.4 Å². The summed E-state index contributed by atoms with van der Waals surface area (Å²) < 4.78 is 17.1. The predicted molar refractivity (Wildman–Crippen MR) is 157 cm³/mol. The molecule has 5 rings (SSSR count). The quantitative estimate of drug-likeness (QED) is 0.302. The van der Waals surface area contributed by atoms with Gasteiger partial charge in [0.25, 0.3) is 0 Å². The third-order valence-corrected chi connectivity index (χ3v) is 7.77. The van der Waals surface area contributed by atoms with E-state index in [2.05, 4.69) is 77.5 Å². The molecule has 0 unspecified atom stereocenters. The molecule has 3 aromatic rings. The van der Waals surface area contributed by atoms with Gasteiger partial charge >= 0.3 is 0 Å². The lowest BCUT2D eigenvalue weighted by Gasteiger charge is -2.26. The third kappa shape index (κ3) is 6.33. The lowest BCUT2D eigenvalue weighted by molar-refractivity contribution is 0.183. The highest BCUT2D eigenvalue weighted by molar-refractivity contribution is 5.89. The molecule has 0 bridgehead atoms. The Hall–Kier alpha value is -3.44. The molecule has 0 amide bonds. The van der Waals surface area contributed by atoms with Gasteiger partial charge < -0.3 is 19.1 Å². The number of anilines is 1. The molecule has 0 spiro atoms. The number of nitrogens with zero attached hydrogens (tertiary/aromatic N) is 2. The first-order valence-corrected chi connectivity index (χ1v) is 13.8. The van der Waals surface area contributed by atoms with Gasteiger partial charge in [0.2, 0.25) is 0 Å². The highest BCUT2D eigenvalue weighted by atomic mass is 16.5. The van der Waals surface area contributed by atoms with Crippen molar-refractivity contribution in [3.8, 4) is 17.2 Å². The number of piperidine rings is 1. The van der Waals surface area contributed by atoms with Gasteiger partial charge in [-0.2, -0.15) is 0 Å². The minimum absolute atomic E-state index is 0.747. The summed E-state index contributed by atoms with van der Waals surface area (Å²) in [6.07, 6.45) is 8.33. The highest BCUT2D eigenvalue weighted by Crippen LogP contribution is 2.38. The lowest BCUT2D eigenvalue weighted by atomic mass is 9.87. The molecular formula is C33H40N2O3. The predicted octanol–water partition coefficient (Wildman–Crippen LogP) is 6.69. The molecule has 0 N–H and O–H groups in total. The van der Waals surface area contributed by atoms with E-state index < -0.39 is 0 Å². The number of hydrogen-bond donors (Lipinski definition) is 0. The second-order valence-corrected chi connectivity index (χ2v) is 10.4. The molecule has 1 fully saturated rings. The number of ether oxygens (including phenoxy) is 3. The Morgan fingerprint density at radius 2 is 1.50 bits per heavy atom. The molecule has 2 aliphatic rings. The molecule has 1 aliphatic carbocycles. The van der Waals surface area contributed by atoms with Gasteiger partial charge in [0, 0.05) is 37.5 Å². The van der Waals surface area contributed by atoms with Gasteiger partial charge in [-0.25, -0.2) is 0 Å². The van der Waals surface area contributed by atoms with Crippen molar-refractivity contribution in [1.82, 2.24) is 4.90 Å². The average Bonchev–Trinajstić information content (AvgIpc) is 2.97. The first-order valence-electron chi connectivity index (χ1n) is 13.8. The molecular weight excluding hydrogens is 472 g/mol. The maximum Gasteiger partial charge on any atom is 0.120 e. The Morgan fingerprint density at radius 3 is 2.26 bits per heavy atom. The molecule has 1 aliphatic heterocycles. The van der Waals surface area contributed by atoms with Crippen LogP contribution < -0.4 is 19.1 Å². The smallest absolute Gasteiger partial charge is 0.120 e. The summed E-state index contributed by atoms with van der Waals surface area (Å²) in [6, 6.07) is 21.3. The van der Waals surface area contributed by atoms with Crippen molar-refractivity contribution in [3.05, 3.63) is 82.9 Å². The fourth-order valence-electron chi connectivity index (χ4n) is 5.56. The fourth-order valence-corrected chi connectivity index (χ4v) is 5.56. The van der Waals surface area contributed by atoms with Crippen LogP contribution in [0.3, 0.4) is 0 Å². The van der Waals surface area contributed by atoms with Crippen LogP contribution in [0.15, 0.2) is 60.7 Å². The van der Waals surface area contributed by atoms with E-state index in [9.17, 15) is 0 Å². The zero-order valence-electron chi connectivity index (χ0n) is 23.0. The van der Waals surface area contributed by atoms with Crippen LogP contribution in [0.1, 0.15) is 47.9 Å². The molecule has 5 heteroatoms. The van der Waals surface area contributed by atoms with Crippen LogP contribution in [-0.4, -0.2) is 52.4 Å². The van der Waals surface area contributed by atoms with E-state index in [0.717, 1.165) is 49.8 Å². The van der Waals surface area contributed by atoms with Crippen molar-refractivity contribution in [3.63, 3.8) is 0 Å². The standard InChI is InChI=1S/C33H40N2O3/c1-34(24-25-7-12-29(13-8-25)38-20-19-35-17-5-4-6-18-35)33-23-31(37-3)15-16-32(33)28-10-9-27-22-30(36-2)14-11-26(27)21-28/h7-8,11-16,21-23H,4-6,9-10,17-20,24H2,1-3H3. The fraction of sp³-hybridized carbons (Fsp3) is 0.394. The van der Waals surface area contributed by atoms with Gasteiger partial charge in [-0.1, -0.05) is 30.7 Å². The summed E-state index contributed by atoms with van der Waals surface area (Å²) in [5, 5.41) is 0. The van der Waals surface area contributed by atoms with Crippen LogP contribution in [0, 0.1) is 0 Å². The maximum absolute atomic E-state index is 6.04. The highest BCUT2D eigenvalue weighted by Gasteiger charge is 2.18. The second kappa shape index (κ2) is 12.4. The molecule has 200 valence electrons. The van der Waals surface area contributed by atoms with E-state index in [1.54, 1.807) is 14.2 Å². The number of hydrogen-bond acceptors (Lipinski definition) is 5. The van der Waals surface area contributed by atoms with Crippen LogP contribution in [0.4, 0.5) is 5.69 Å². The normalized spacial score (nSPS) is 15.4. The number of allylic oxidation sites excluding steroid dienone is 1. The van der Waals surface area contributed by atoms with Crippen molar-refractivity contribution >= 4 is 17.3 Å². The zero-order valence-corrected chi connectivity index (χ0v) is 23.0. The maximum atomic E-state index is 6.04. The van der Waals surface area contributed by atoms with Gasteiger partial charge in [-0.05, 0) is 97.4 Å². The minimum atomic E-state index is 0.747. The van der Waals surface area contributed by atoms with E-state index in [-0.39, 0.29) is 0 Å². The molecule has 1 heterocycles. The summed E-state index contributed by atoms with van der Waals surface area (Å²) in [5.74, 6) is 2.73. The zero-order chi connectivity index (χ0) is 26.3. The summed E-state index contributed by atoms with van der Waals surface area (Å²) in [6.45, 7) is 4.97. The van der Waals surface area contributed by atoms with Crippen molar-refractivity contribution in [2.45, 2.75) is 38.6 Å². The molecule has 0 radical (unpaired) electrons. The lowest BCUT2D eigenvalue weighted by Crippen LogP contribution is -2.33. The van der Waals surface area contributed by atoms with Gasteiger partial charge in [0.05, 0.1) is 14.2 Å². The molecule has 0 atom stereocenters. The average molecular weight is 513 g/mol. The SMILES string of the molecule is COc1ccc2c(c1)CCC(c1ccc(OC)cc1N(C)Cc1ccc(OCCN3CCCCC3)cc1)=C2. The summed E-state index contributed by atoms with van der Waals surface area (Å²) in [7, 11) is 5.61. The number of fused-ring (bicyclic) bond motifs is 1. The van der Waals surface area contributed by atoms with E-state index in [1.165, 1.54) is 65.9 Å². The first kappa shape index (κ1) is 26.2. The van der Waals surface area contributed by atoms with E-state index in [0.29, 0.717) is 0 Å². The van der Waals surface area contributed by atoms with E-state index in [1.807, 2.05) is 6.07 Å². The first-order chi connectivity index (χ1) is 18.6. The number of benzene rings is 3. The van der Waals surface area contributed by atoms with Crippen molar-refractivity contribution < 1.29 is 14.2 Å². The molecule has 1 saturated heterocycles. The number of aryl methyl sites for hydroxylation is 1. The Kier molecular flexibility index (Phi) is 8.54. The van der Waals surface area contributed by atoms with E-state index in [4.69, 9.17) is 14.2 Å². The molecule has 3 aromatic carbocycles. The van der Waals surface area contributed by atoms with Crippen LogP contribution in [0.2, 0.25) is 0 Å². The minimum Gasteiger partial charge on any atom is -0.497 e. The van der Waals surface area contributed by atoms with Crippen molar-refractivity contribution in [2.24, 2.45) is 0 Å². The van der Waals surface area contributed by atoms with Crippen LogP contribution >= 0.6 is 0 Å². The second-order valence-electron chi connectivity index (χ2n) is 10.4. The Balaban J connectivity index is 1.28. The topological polar surface area (TPSA) is 34.2 Å². The number of methoxy groups -OCH3 is 2. The third-order valence-electron chi connectivity index (χ3n) is 7.77. The van der Waals surface area contributed by atoms with Crippen LogP contribution in [-0.2, 0) is 13.0 Å². The Labute approximate surface area is 227 Å². The Bertz CT molecular complexity index is 1250. The number of rotatable bonds is 10.